The first-order valence-corrected chi connectivity index (χ1v) is 20.5. The van der Waals surface area contributed by atoms with Crippen molar-refractivity contribution in [2.45, 2.75) is 239 Å². The second-order valence-electron chi connectivity index (χ2n) is 14.3. The molecular weight excluding hydrogens is 520 g/mol. The zero-order valence-corrected chi connectivity index (χ0v) is 30.4. The van der Waals surface area contributed by atoms with Gasteiger partial charge in [-0.05, 0) is 25.7 Å². The van der Waals surface area contributed by atoms with Crippen LogP contribution in [0, 0.1) is 0 Å². The number of unbranched alkanes of at least 4 members (excludes halogenated alkanes) is 29. The normalized spacial score (nSPS) is 14.9. The van der Waals surface area contributed by atoms with Gasteiger partial charge < -0.3 is 9.80 Å². The second-order valence-corrected chi connectivity index (χ2v) is 14.3. The van der Waals surface area contributed by atoms with Gasteiger partial charge in [-0.3, -0.25) is 0 Å². The van der Waals surface area contributed by atoms with Crippen LogP contribution < -0.4 is 0 Å². The molecule has 0 fully saturated rings. The van der Waals surface area contributed by atoms with Crippen LogP contribution in [0.5, 0.6) is 0 Å². The molecule has 0 aromatic carbocycles. The van der Waals surface area contributed by atoms with Gasteiger partial charge in [0.05, 0.1) is 0 Å². The number of nitrogens with zero attached hydrogens (tertiary/aromatic N) is 2. The van der Waals surface area contributed by atoms with Crippen molar-refractivity contribution in [3.05, 3.63) is 12.4 Å². The molecule has 0 saturated heterocycles. The summed E-state index contributed by atoms with van der Waals surface area (Å²) in [5, 5.41) is 0. The molecule has 43 heavy (non-hydrogen) atoms. The van der Waals surface area contributed by atoms with Gasteiger partial charge in [-0.1, -0.05) is 207 Å². The molecule has 1 heterocycles. The zero-order valence-electron chi connectivity index (χ0n) is 30.4. The molecule has 0 N–H and O–H groups in total. The van der Waals surface area contributed by atoms with Crippen LogP contribution >= 0.6 is 0 Å². The first-order chi connectivity index (χ1) is 21.3. The minimum absolute atomic E-state index is 0.639. The van der Waals surface area contributed by atoms with E-state index < -0.39 is 0 Å². The second kappa shape index (κ2) is 32.7. The molecule has 1 aliphatic heterocycles. The third-order valence-electron chi connectivity index (χ3n) is 10.1. The van der Waals surface area contributed by atoms with Gasteiger partial charge in [-0.25, -0.2) is 0 Å². The lowest BCUT2D eigenvalue weighted by molar-refractivity contribution is 0.135. The van der Waals surface area contributed by atoms with Gasteiger partial charge in [0.25, 0.3) is 0 Å². The molecule has 2 heteroatoms. The number of rotatable bonds is 35. The molecule has 0 radical (unpaired) electrons. The first-order valence-electron chi connectivity index (χ1n) is 20.5. The van der Waals surface area contributed by atoms with E-state index in [0.717, 1.165) is 0 Å². The summed E-state index contributed by atoms with van der Waals surface area (Å²) in [6, 6.07) is 0. The highest BCUT2D eigenvalue weighted by atomic mass is 15.4. The van der Waals surface area contributed by atoms with E-state index >= 15 is 0 Å². The summed E-state index contributed by atoms with van der Waals surface area (Å²) < 4.78 is 0. The van der Waals surface area contributed by atoms with E-state index in [2.05, 4.69) is 43.0 Å². The Kier molecular flexibility index (Phi) is 30.7. The predicted molar refractivity (Wildman–Crippen MR) is 196 cm³/mol. The van der Waals surface area contributed by atoms with E-state index in [1.54, 1.807) is 0 Å². The van der Waals surface area contributed by atoms with Gasteiger partial charge in [0.15, 0.2) is 0 Å². The van der Waals surface area contributed by atoms with E-state index in [1.807, 2.05) is 0 Å². The van der Waals surface area contributed by atoms with Crippen molar-refractivity contribution >= 4 is 0 Å². The molecule has 0 amide bonds. The standard InChI is InChI=1S/C41H82N2/c1-4-7-10-12-14-16-18-20-21-22-24-26-28-30-32-35-38-43-40-39-42(41(43)36-33-9-6-3)37-34-31-29-27-25-23-19-17-15-13-11-8-5-2/h39-41H,4-38H2,1-3H3. The Morgan fingerprint density at radius 3 is 0.814 bits per heavy atom. The maximum atomic E-state index is 2.70. The van der Waals surface area contributed by atoms with E-state index in [9.17, 15) is 0 Å². The summed E-state index contributed by atoms with van der Waals surface area (Å²) in [5.74, 6) is 0. The van der Waals surface area contributed by atoms with Crippen molar-refractivity contribution in [2.24, 2.45) is 0 Å². The van der Waals surface area contributed by atoms with Crippen LogP contribution in [-0.2, 0) is 0 Å². The average Bonchev–Trinajstić information content (AvgIpc) is 3.40. The number of hydrogen-bond donors (Lipinski definition) is 0. The van der Waals surface area contributed by atoms with E-state index in [0.29, 0.717) is 6.17 Å². The topological polar surface area (TPSA) is 6.48 Å². The molecule has 1 unspecified atom stereocenters. The average molecular weight is 603 g/mol. The van der Waals surface area contributed by atoms with Gasteiger partial charge in [0.1, 0.15) is 6.17 Å². The Labute approximate surface area is 273 Å². The van der Waals surface area contributed by atoms with Crippen LogP contribution in [0.25, 0.3) is 0 Å². The molecule has 2 nitrogen and oxygen atoms in total. The fraction of sp³-hybridized carbons (Fsp3) is 0.951. The maximum Gasteiger partial charge on any atom is 0.101 e. The van der Waals surface area contributed by atoms with Crippen molar-refractivity contribution in [3.8, 4) is 0 Å². The Bertz CT molecular complexity index is 558. The van der Waals surface area contributed by atoms with Gasteiger partial charge in [-0.15, -0.1) is 0 Å². The van der Waals surface area contributed by atoms with Crippen LogP contribution in [0.3, 0.4) is 0 Å². The molecule has 0 aliphatic carbocycles. The molecule has 1 atom stereocenters. The van der Waals surface area contributed by atoms with Crippen LogP contribution in [0.15, 0.2) is 12.4 Å². The molecule has 0 aromatic heterocycles. The summed E-state index contributed by atoms with van der Waals surface area (Å²) in [4.78, 5) is 5.39. The minimum Gasteiger partial charge on any atom is -0.356 e. The van der Waals surface area contributed by atoms with Crippen molar-refractivity contribution in [3.63, 3.8) is 0 Å². The Morgan fingerprint density at radius 2 is 0.535 bits per heavy atom. The monoisotopic (exact) mass is 603 g/mol. The van der Waals surface area contributed by atoms with Crippen molar-refractivity contribution in [2.75, 3.05) is 13.1 Å². The smallest absolute Gasteiger partial charge is 0.101 e. The number of hydrogen-bond acceptors (Lipinski definition) is 2. The molecule has 1 rings (SSSR count). The molecule has 1 aliphatic rings. The fourth-order valence-electron chi connectivity index (χ4n) is 7.07. The van der Waals surface area contributed by atoms with E-state index in [-0.39, 0.29) is 0 Å². The van der Waals surface area contributed by atoms with Crippen molar-refractivity contribution in [1.82, 2.24) is 9.80 Å². The first kappa shape index (κ1) is 40.4. The van der Waals surface area contributed by atoms with Crippen molar-refractivity contribution in [1.29, 1.82) is 0 Å². The summed E-state index contributed by atoms with van der Waals surface area (Å²) in [5.41, 5.74) is 0. The Morgan fingerprint density at radius 1 is 0.302 bits per heavy atom. The van der Waals surface area contributed by atoms with Gasteiger partial charge in [0.2, 0.25) is 0 Å². The lowest BCUT2D eigenvalue weighted by Crippen LogP contribution is -2.39. The third kappa shape index (κ3) is 25.2. The molecule has 0 saturated carbocycles. The molecular formula is C41H82N2. The summed E-state index contributed by atoms with van der Waals surface area (Å²) in [6.45, 7) is 9.49. The maximum absolute atomic E-state index is 2.70. The summed E-state index contributed by atoms with van der Waals surface area (Å²) in [6.07, 6.45) is 53.0. The van der Waals surface area contributed by atoms with Crippen LogP contribution in [0.1, 0.15) is 233 Å². The largest absolute Gasteiger partial charge is 0.356 e. The molecule has 0 spiro atoms. The van der Waals surface area contributed by atoms with Gasteiger partial charge in [-0.2, -0.15) is 0 Å². The minimum atomic E-state index is 0.639. The van der Waals surface area contributed by atoms with E-state index in [1.165, 1.54) is 225 Å². The lowest BCUT2D eigenvalue weighted by atomic mass is 10.0. The zero-order chi connectivity index (χ0) is 30.9. The van der Waals surface area contributed by atoms with Crippen LogP contribution in [0.4, 0.5) is 0 Å². The van der Waals surface area contributed by atoms with Gasteiger partial charge >= 0.3 is 0 Å². The Hall–Kier alpha value is -0.660. The molecule has 0 aromatic rings. The predicted octanol–water partition coefficient (Wildman–Crippen LogP) is 14.3. The Balaban J connectivity index is 2.02. The van der Waals surface area contributed by atoms with Crippen molar-refractivity contribution < 1.29 is 0 Å². The highest BCUT2D eigenvalue weighted by molar-refractivity contribution is 4.97. The summed E-state index contributed by atoms with van der Waals surface area (Å²) >= 11 is 0. The highest BCUT2D eigenvalue weighted by Crippen LogP contribution is 2.24. The van der Waals surface area contributed by atoms with E-state index in [4.69, 9.17) is 0 Å². The SMILES string of the molecule is CCCCCCCCCCCCCCCCCCN1C=CN(CCCCCCCCCCCCCCC)C1CCCCC. The summed E-state index contributed by atoms with van der Waals surface area (Å²) in [7, 11) is 0. The van der Waals surface area contributed by atoms with Crippen LogP contribution in [-0.4, -0.2) is 29.1 Å². The fourth-order valence-corrected chi connectivity index (χ4v) is 7.07. The molecule has 256 valence electrons. The highest BCUT2D eigenvalue weighted by Gasteiger charge is 2.24. The lowest BCUT2D eigenvalue weighted by Gasteiger charge is -2.33. The third-order valence-corrected chi connectivity index (χ3v) is 10.1. The molecule has 0 bridgehead atoms. The van der Waals surface area contributed by atoms with Gasteiger partial charge in [0, 0.05) is 25.5 Å². The van der Waals surface area contributed by atoms with Crippen LogP contribution in [0.2, 0.25) is 0 Å². The quantitative estimate of drug-likeness (QED) is 0.0666.